The number of carboxylic acid groups (broad SMARTS) is 1. The van der Waals surface area contributed by atoms with E-state index >= 15 is 0 Å². The standard InChI is InChI=1S/C15H28N2O3/c1-2-7-15(8-11-16-12-9-15)14(20)17-10-5-3-4-6-13(18)19/h16H,2-12H2,1H3,(H,17,20)(H,18,19). The summed E-state index contributed by atoms with van der Waals surface area (Å²) in [6, 6.07) is 0. The van der Waals surface area contributed by atoms with Gasteiger partial charge in [0.2, 0.25) is 5.91 Å². The van der Waals surface area contributed by atoms with Crippen molar-refractivity contribution in [1.29, 1.82) is 0 Å². The molecule has 3 N–H and O–H groups in total. The summed E-state index contributed by atoms with van der Waals surface area (Å²) in [5.74, 6) is -0.551. The van der Waals surface area contributed by atoms with Crippen molar-refractivity contribution in [3.63, 3.8) is 0 Å². The molecule has 0 atom stereocenters. The van der Waals surface area contributed by atoms with Gasteiger partial charge in [0.05, 0.1) is 5.41 Å². The van der Waals surface area contributed by atoms with E-state index in [1.54, 1.807) is 0 Å². The van der Waals surface area contributed by atoms with Gasteiger partial charge in [-0.05, 0) is 45.2 Å². The van der Waals surface area contributed by atoms with Crippen molar-refractivity contribution in [2.24, 2.45) is 5.41 Å². The highest BCUT2D eigenvalue weighted by atomic mass is 16.4. The number of carbonyl (C=O) groups excluding carboxylic acids is 1. The Morgan fingerprint density at radius 2 is 1.90 bits per heavy atom. The number of hydrogen-bond donors (Lipinski definition) is 3. The van der Waals surface area contributed by atoms with Crippen molar-refractivity contribution >= 4 is 11.9 Å². The first kappa shape index (κ1) is 17.0. The minimum Gasteiger partial charge on any atom is -0.481 e. The first-order chi connectivity index (χ1) is 9.60. The molecule has 1 amide bonds. The van der Waals surface area contributed by atoms with Crippen molar-refractivity contribution in [3.8, 4) is 0 Å². The molecule has 0 bridgehead atoms. The van der Waals surface area contributed by atoms with Crippen LogP contribution in [0.25, 0.3) is 0 Å². The smallest absolute Gasteiger partial charge is 0.303 e. The molecule has 5 nitrogen and oxygen atoms in total. The molecule has 0 aromatic heterocycles. The summed E-state index contributed by atoms with van der Waals surface area (Å²) in [6.07, 6.45) is 6.46. The maximum Gasteiger partial charge on any atom is 0.303 e. The zero-order valence-electron chi connectivity index (χ0n) is 12.5. The Morgan fingerprint density at radius 3 is 2.50 bits per heavy atom. The highest BCUT2D eigenvalue weighted by Crippen LogP contribution is 2.34. The fourth-order valence-electron chi connectivity index (χ4n) is 2.94. The molecule has 0 aromatic rings. The number of rotatable bonds is 9. The van der Waals surface area contributed by atoms with Gasteiger partial charge in [0.1, 0.15) is 0 Å². The van der Waals surface area contributed by atoms with E-state index in [0.717, 1.165) is 51.6 Å². The van der Waals surface area contributed by atoms with E-state index in [0.29, 0.717) is 13.0 Å². The summed E-state index contributed by atoms with van der Waals surface area (Å²) < 4.78 is 0. The van der Waals surface area contributed by atoms with Crippen LogP contribution in [0.5, 0.6) is 0 Å². The van der Waals surface area contributed by atoms with E-state index in [9.17, 15) is 9.59 Å². The lowest BCUT2D eigenvalue weighted by Gasteiger charge is -2.36. The monoisotopic (exact) mass is 284 g/mol. The molecule has 20 heavy (non-hydrogen) atoms. The molecule has 1 rings (SSSR count). The fourth-order valence-corrected chi connectivity index (χ4v) is 2.94. The van der Waals surface area contributed by atoms with Crippen molar-refractivity contribution in [3.05, 3.63) is 0 Å². The molecule has 5 heteroatoms. The van der Waals surface area contributed by atoms with E-state index in [1.165, 1.54) is 0 Å². The van der Waals surface area contributed by atoms with Crippen LogP contribution in [0.4, 0.5) is 0 Å². The molecule has 1 fully saturated rings. The zero-order valence-corrected chi connectivity index (χ0v) is 12.5. The average molecular weight is 284 g/mol. The van der Waals surface area contributed by atoms with E-state index in [2.05, 4.69) is 17.6 Å². The zero-order chi connectivity index (χ0) is 14.8. The molecule has 1 saturated heterocycles. The molecule has 0 spiro atoms. The summed E-state index contributed by atoms with van der Waals surface area (Å²) in [7, 11) is 0. The van der Waals surface area contributed by atoms with E-state index in [4.69, 9.17) is 5.11 Å². The van der Waals surface area contributed by atoms with Crippen molar-refractivity contribution in [1.82, 2.24) is 10.6 Å². The molecule has 0 radical (unpaired) electrons. The summed E-state index contributed by atoms with van der Waals surface area (Å²) in [6.45, 7) is 4.64. The van der Waals surface area contributed by atoms with Crippen LogP contribution in [-0.2, 0) is 9.59 Å². The third-order valence-corrected chi connectivity index (χ3v) is 4.12. The second-order valence-corrected chi connectivity index (χ2v) is 5.74. The molecular weight excluding hydrogens is 256 g/mol. The number of carboxylic acids is 1. The fraction of sp³-hybridized carbons (Fsp3) is 0.867. The molecule has 1 aliphatic rings. The van der Waals surface area contributed by atoms with Crippen molar-refractivity contribution in [2.45, 2.75) is 58.3 Å². The van der Waals surface area contributed by atoms with E-state index in [-0.39, 0.29) is 17.7 Å². The van der Waals surface area contributed by atoms with Crippen LogP contribution in [0.1, 0.15) is 58.3 Å². The van der Waals surface area contributed by atoms with Crippen LogP contribution in [-0.4, -0.2) is 36.6 Å². The number of aliphatic carboxylic acids is 1. The minimum atomic E-state index is -0.745. The molecule has 0 saturated carbocycles. The lowest BCUT2D eigenvalue weighted by Crippen LogP contribution is -2.47. The van der Waals surface area contributed by atoms with Gasteiger partial charge in [-0.3, -0.25) is 9.59 Å². The van der Waals surface area contributed by atoms with Gasteiger partial charge >= 0.3 is 5.97 Å². The lowest BCUT2D eigenvalue weighted by atomic mass is 9.74. The quantitative estimate of drug-likeness (QED) is 0.565. The molecule has 1 heterocycles. The number of nitrogens with one attached hydrogen (secondary N) is 2. The number of hydrogen-bond acceptors (Lipinski definition) is 3. The summed E-state index contributed by atoms with van der Waals surface area (Å²) >= 11 is 0. The minimum absolute atomic E-state index is 0.179. The Morgan fingerprint density at radius 1 is 1.20 bits per heavy atom. The summed E-state index contributed by atoms with van der Waals surface area (Å²) in [5, 5.41) is 14.9. The third-order valence-electron chi connectivity index (χ3n) is 4.12. The number of unbranched alkanes of at least 4 members (excludes halogenated alkanes) is 2. The normalized spacial score (nSPS) is 17.6. The van der Waals surface area contributed by atoms with Gasteiger partial charge < -0.3 is 15.7 Å². The van der Waals surface area contributed by atoms with Crippen LogP contribution in [0.3, 0.4) is 0 Å². The first-order valence-electron chi connectivity index (χ1n) is 7.81. The van der Waals surface area contributed by atoms with Crippen LogP contribution in [0, 0.1) is 5.41 Å². The highest BCUT2D eigenvalue weighted by molar-refractivity contribution is 5.82. The van der Waals surface area contributed by atoms with Gasteiger partial charge in [-0.15, -0.1) is 0 Å². The van der Waals surface area contributed by atoms with Gasteiger partial charge in [0, 0.05) is 13.0 Å². The van der Waals surface area contributed by atoms with Crippen molar-refractivity contribution in [2.75, 3.05) is 19.6 Å². The van der Waals surface area contributed by atoms with Gasteiger partial charge in [-0.1, -0.05) is 19.8 Å². The van der Waals surface area contributed by atoms with Gasteiger partial charge in [0.25, 0.3) is 0 Å². The van der Waals surface area contributed by atoms with Crippen LogP contribution in [0.2, 0.25) is 0 Å². The lowest BCUT2D eigenvalue weighted by molar-refractivity contribution is -0.137. The SMILES string of the molecule is CCCC1(C(=O)NCCCCCC(=O)O)CCNCC1. The highest BCUT2D eigenvalue weighted by Gasteiger charge is 2.38. The molecule has 0 aliphatic carbocycles. The molecule has 1 aliphatic heterocycles. The number of piperidine rings is 1. The predicted molar refractivity (Wildman–Crippen MR) is 78.6 cm³/mol. The average Bonchev–Trinajstić information content (AvgIpc) is 2.43. The van der Waals surface area contributed by atoms with E-state index < -0.39 is 5.97 Å². The Labute approximate surface area is 121 Å². The van der Waals surface area contributed by atoms with E-state index in [1.807, 2.05) is 0 Å². The molecular formula is C15H28N2O3. The second kappa shape index (κ2) is 8.95. The largest absolute Gasteiger partial charge is 0.481 e. The molecule has 0 aromatic carbocycles. The van der Waals surface area contributed by atoms with Crippen LogP contribution >= 0.6 is 0 Å². The Bertz CT molecular complexity index is 307. The van der Waals surface area contributed by atoms with Gasteiger partial charge in [-0.25, -0.2) is 0 Å². The summed E-state index contributed by atoms with van der Waals surface area (Å²) in [4.78, 5) is 22.8. The van der Waals surface area contributed by atoms with Crippen LogP contribution in [0.15, 0.2) is 0 Å². The maximum atomic E-state index is 12.4. The van der Waals surface area contributed by atoms with Crippen LogP contribution < -0.4 is 10.6 Å². The van der Waals surface area contributed by atoms with Gasteiger partial charge in [-0.2, -0.15) is 0 Å². The first-order valence-corrected chi connectivity index (χ1v) is 7.81. The summed E-state index contributed by atoms with van der Waals surface area (Å²) in [5.41, 5.74) is -0.179. The Kier molecular flexibility index (Phi) is 7.59. The Balaban J connectivity index is 2.26. The predicted octanol–water partition coefficient (Wildman–Crippen LogP) is 1.92. The molecule has 0 unspecified atom stereocenters. The number of carbonyl (C=O) groups is 2. The maximum absolute atomic E-state index is 12.4. The van der Waals surface area contributed by atoms with Gasteiger partial charge in [0.15, 0.2) is 0 Å². The number of amides is 1. The third kappa shape index (κ3) is 5.49. The molecule has 116 valence electrons. The topological polar surface area (TPSA) is 78.4 Å². The second-order valence-electron chi connectivity index (χ2n) is 5.74. The Hall–Kier alpha value is -1.10. The van der Waals surface area contributed by atoms with Crippen molar-refractivity contribution < 1.29 is 14.7 Å².